The lowest BCUT2D eigenvalue weighted by Gasteiger charge is -2.35. The zero-order valence-electron chi connectivity index (χ0n) is 10.8. The Balaban J connectivity index is 1.89. The Bertz CT molecular complexity index is 391. The molecule has 0 amide bonds. The summed E-state index contributed by atoms with van der Waals surface area (Å²) in [6, 6.07) is 6.93. The standard InChI is InChI=1S/C16H23N/c1-12-7-8-16-15(11-12)14(9-10-17-16)13-5-3-2-4-6-13/h7-8,11,13-14,17H,2-6,9-10H2,1H3. The average Bonchev–Trinajstić information content (AvgIpc) is 2.39. The van der Waals surface area contributed by atoms with Gasteiger partial charge < -0.3 is 5.32 Å². The maximum Gasteiger partial charge on any atom is 0.0375 e. The summed E-state index contributed by atoms with van der Waals surface area (Å²) in [5.74, 6) is 1.78. The lowest BCUT2D eigenvalue weighted by molar-refractivity contribution is 0.294. The second-order valence-electron chi connectivity index (χ2n) is 5.81. The van der Waals surface area contributed by atoms with Gasteiger partial charge in [-0.3, -0.25) is 0 Å². The third-order valence-electron chi connectivity index (χ3n) is 4.60. The Kier molecular flexibility index (Phi) is 3.09. The predicted octanol–water partition coefficient (Wildman–Crippen LogP) is 4.47. The fourth-order valence-corrected chi connectivity index (χ4v) is 3.69. The number of nitrogens with one attached hydrogen (secondary N) is 1. The van der Waals surface area contributed by atoms with Crippen LogP contribution in [0, 0.1) is 12.8 Å². The smallest absolute Gasteiger partial charge is 0.0375 e. The molecule has 2 aliphatic rings. The zero-order chi connectivity index (χ0) is 11.7. The molecule has 1 saturated carbocycles. The van der Waals surface area contributed by atoms with Gasteiger partial charge in [0.1, 0.15) is 0 Å². The van der Waals surface area contributed by atoms with E-state index in [9.17, 15) is 0 Å². The molecule has 1 fully saturated rings. The molecule has 1 heteroatoms. The van der Waals surface area contributed by atoms with E-state index in [2.05, 4.69) is 30.4 Å². The molecule has 1 atom stereocenters. The Morgan fingerprint density at radius 3 is 2.71 bits per heavy atom. The number of fused-ring (bicyclic) bond motifs is 1. The van der Waals surface area contributed by atoms with Crippen molar-refractivity contribution in [1.82, 2.24) is 0 Å². The molecule has 1 nitrogen and oxygen atoms in total. The van der Waals surface area contributed by atoms with Crippen LogP contribution < -0.4 is 5.32 Å². The molecule has 1 N–H and O–H groups in total. The van der Waals surface area contributed by atoms with Gasteiger partial charge in [-0.05, 0) is 49.7 Å². The maximum absolute atomic E-state index is 3.56. The van der Waals surface area contributed by atoms with E-state index in [0.29, 0.717) is 0 Å². The minimum atomic E-state index is 0.825. The molecule has 0 bridgehead atoms. The van der Waals surface area contributed by atoms with Crippen LogP contribution in [0.15, 0.2) is 18.2 Å². The highest BCUT2D eigenvalue weighted by molar-refractivity contribution is 5.56. The minimum Gasteiger partial charge on any atom is -0.385 e. The van der Waals surface area contributed by atoms with Gasteiger partial charge in [0.05, 0.1) is 0 Å². The minimum absolute atomic E-state index is 0.825. The van der Waals surface area contributed by atoms with Crippen LogP contribution in [0.2, 0.25) is 0 Å². The summed E-state index contributed by atoms with van der Waals surface area (Å²) in [5.41, 5.74) is 4.41. The average molecular weight is 229 g/mol. The number of aryl methyl sites for hydroxylation is 1. The molecule has 1 aliphatic carbocycles. The molecular weight excluding hydrogens is 206 g/mol. The summed E-state index contributed by atoms with van der Waals surface area (Å²) in [6.45, 7) is 3.38. The van der Waals surface area contributed by atoms with Crippen LogP contribution in [0.1, 0.15) is 55.6 Å². The Labute approximate surface area is 105 Å². The fourth-order valence-electron chi connectivity index (χ4n) is 3.69. The van der Waals surface area contributed by atoms with Crippen molar-refractivity contribution in [2.75, 3.05) is 11.9 Å². The van der Waals surface area contributed by atoms with Crippen molar-refractivity contribution in [2.45, 2.75) is 51.4 Å². The van der Waals surface area contributed by atoms with Gasteiger partial charge >= 0.3 is 0 Å². The maximum atomic E-state index is 3.56. The van der Waals surface area contributed by atoms with E-state index in [4.69, 9.17) is 0 Å². The number of rotatable bonds is 1. The summed E-state index contributed by atoms with van der Waals surface area (Å²) >= 11 is 0. The quantitative estimate of drug-likeness (QED) is 0.749. The summed E-state index contributed by atoms with van der Waals surface area (Å²) in [4.78, 5) is 0. The first kappa shape index (κ1) is 11.1. The van der Waals surface area contributed by atoms with Crippen LogP contribution in [0.3, 0.4) is 0 Å². The van der Waals surface area contributed by atoms with Gasteiger partial charge in [0, 0.05) is 12.2 Å². The first-order valence-electron chi connectivity index (χ1n) is 7.19. The van der Waals surface area contributed by atoms with Crippen LogP contribution in [0.25, 0.3) is 0 Å². The van der Waals surface area contributed by atoms with Crippen molar-refractivity contribution in [3.05, 3.63) is 29.3 Å². The normalized spacial score (nSPS) is 25.1. The van der Waals surface area contributed by atoms with Crippen LogP contribution in [0.5, 0.6) is 0 Å². The Morgan fingerprint density at radius 1 is 1.06 bits per heavy atom. The molecule has 92 valence electrons. The van der Waals surface area contributed by atoms with Crippen molar-refractivity contribution < 1.29 is 0 Å². The van der Waals surface area contributed by atoms with Gasteiger partial charge in [0.2, 0.25) is 0 Å². The molecule has 1 unspecified atom stereocenters. The van der Waals surface area contributed by atoms with Gasteiger partial charge in [-0.15, -0.1) is 0 Å². The highest BCUT2D eigenvalue weighted by Crippen LogP contribution is 2.42. The number of anilines is 1. The van der Waals surface area contributed by atoms with Crippen LogP contribution in [-0.2, 0) is 0 Å². The van der Waals surface area contributed by atoms with Crippen molar-refractivity contribution in [3.8, 4) is 0 Å². The molecule has 0 radical (unpaired) electrons. The van der Waals surface area contributed by atoms with E-state index in [0.717, 1.165) is 18.4 Å². The van der Waals surface area contributed by atoms with E-state index in [1.54, 1.807) is 5.56 Å². The highest BCUT2D eigenvalue weighted by atomic mass is 14.9. The first-order valence-corrected chi connectivity index (χ1v) is 7.19. The summed E-state index contributed by atoms with van der Waals surface area (Å²) in [6.07, 6.45) is 8.62. The van der Waals surface area contributed by atoms with Gasteiger partial charge in [-0.1, -0.05) is 37.0 Å². The lowest BCUT2D eigenvalue weighted by Crippen LogP contribution is -2.24. The van der Waals surface area contributed by atoms with E-state index >= 15 is 0 Å². The predicted molar refractivity (Wildman–Crippen MR) is 73.6 cm³/mol. The SMILES string of the molecule is Cc1ccc2c(c1)C(C1CCCCC1)CCN2. The molecule has 0 saturated heterocycles. The van der Waals surface area contributed by atoms with Crippen molar-refractivity contribution in [1.29, 1.82) is 0 Å². The number of benzene rings is 1. The molecule has 1 aromatic carbocycles. The molecule has 17 heavy (non-hydrogen) atoms. The molecule has 1 heterocycles. The van der Waals surface area contributed by atoms with Crippen LogP contribution in [0.4, 0.5) is 5.69 Å². The molecule has 0 spiro atoms. The van der Waals surface area contributed by atoms with Crippen molar-refractivity contribution in [2.24, 2.45) is 5.92 Å². The number of hydrogen-bond donors (Lipinski definition) is 1. The largest absolute Gasteiger partial charge is 0.385 e. The topological polar surface area (TPSA) is 12.0 Å². The molecule has 3 rings (SSSR count). The summed E-state index contributed by atoms with van der Waals surface area (Å²) in [7, 11) is 0. The van der Waals surface area contributed by atoms with E-state index in [-0.39, 0.29) is 0 Å². The molecule has 1 aromatic rings. The number of hydrogen-bond acceptors (Lipinski definition) is 1. The van der Waals surface area contributed by atoms with Gasteiger partial charge in [-0.2, -0.15) is 0 Å². The molecule has 1 aliphatic heterocycles. The lowest BCUT2D eigenvalue weighted by atomic mass is 9.73. The fraction of sp³-hybridized carbons (Fsp3) is 0.625. The highest BCUT2D eigenvalue weighted by Gasteiger charge is 2.28. The van der Waals surface area contributed by atoms with Gasteiger partial charge in [0.25, 0.3) is 0 Å². The Hall–Kier alpha value is -0.980. The second-order valence-corrected chi connectivity index (χ2v) is 5.81. The molecule has 0 aromatic heterocycles. The third-order valence-corrected chi connectivity index (χ3v) is 4.60. The van der Waals surface area contributed by atoms with Gasteiger partial charge in [-0.25, -0.2) is 0 Å². The van der Waals surface area contributed by atoms with E-state index in [1.165, 1.54) is 49.8 Å². The van der Waals surface area contributed by atoms with Gasteiger partial charge in [0.15, 0.2) is 0 Å². The third kappa shape index (κ3) is 2.20. The zero-order valence-corrected chi connectivity index (χ0v) is 10.8. The van der Waals surface area contributed by atoms with Crippen molar-refractivity contribution >= 4 is 5.69 Å². The van der Waals surface area contributed by atoms with E-state index < -0.39 is 0 Å². The van der Waals surface area contributed by atoms with E-state index in [1.807, 2.05) is 0 Å². The Morgan fingerprint density at radius 2 is 1.88 bits per heavy atom. The van der Waals surface area contributed by atoms with Crippen LogP contribution >= 0.6 is 0 Å². The van der Waals surface area contributed by atoms with Crippen LogP contribution in [-0.4, -0.2) is 6.54 Å². The summed E-state index contributed by atoms with van der Waals surface area (Å²) < 4.78 is 0. The molecular formula is C16H23N. The summed E-state index contributed by atoms with van der Waals surface area (Å²) in [5, 5.41) is 3.56. The van der Waals surface area contributed by atoms with Crippen molar-refractivity contribution in [3.63, 3.8) is 0 Å². The second kappa shape index (κ2) is 4.72. The monoisotopic (exact) mass is 229 g/mol. The first-order chi connectivity index (χ1) is 8.34.